The molecule has 0 fully saturated rings. The van der Waals surface area contributed by atoms with E-state index in [0.29, 0.717) is 5.92 Å². The first-order valence-electron chi connectivity index (χ1n) is 4.67. The van der Waals surface area contributed by atoms with Crippen LogP contribution in [0, 0.1) is 0 Å². The first-order chi connectivity index (χ1) is 6.52. The minimum atomic E-state index is -0.700. The highest BCUT2D eigenvalue weighted by Gasteiger charge is 2.12. The molecule has 1 atom stereocenters. The number of benzene rings is 1. The summed E-state index contributed by atoms with van der Waals surface area (Å²) < 4.78 is 0. The summed E-state index contributed by atoms with van der Waals surface area (Å²) in [5.74, 6) is -0.0686. The van der Waals surface area contributed by atoms with Crippen LogP contribution >= 0.6 is 0 Å². The van der Waals surface area contributed by atoms with Gasteiger partial charge in [-0.1, -0.05) is 38.1 Å². The molecule has 0 aromatic heterocycles. The van der Waals surface area contributed by atoms with Crippen LogP contribution < -0.4 is 11.5 Å². The minimum absolute atomic E-state index is 0.426. The van der Waals surface area contributed by atoms with Crippen LogP contribution in [0.2, 0.25) is 0 Å². The maximum absolute atomic E-state index is 10.9. The summed E-state index contributed by atoms with van der Waals surface area (Å²) >= 11 is 0. The zero-order chi connectivity index (χ0) is 10.7. The zero-order valence-corrected chi connectivity index (χ0v) is 8.53. The molecule has 0 bridgehead atoms. The fraction of sp³-hybridized carbons (Fsp3) is 0.364. The molecular weight excluding hydrogens is 176 g/mol. The number of amides is 1. The molecule has 0 aliphatic carbocycles. The summed E-state index contributed by atoms with van der Waals surface area (Å²) in [6, 6.07) is 6.96. The Morgan fingerprint density at radius 3 is 2.36 bits per heavy atom. The van der Waals surface area contributed by atoms with E-state index in [0.717, 1.165) is 5.56 Å². The van der Waals surface area contributed by atoms with Crippen molar-refractivity contribution < 1.29 is 4.79 Å². The van der Waals surface area contributed by atoms with E-state index in [9.17, 15) is 4.79 Å². The van der Waals surface area contributed by atoms with E-state index >= 15 is 0 Å². The highest BCUT2D eigenvalue weighted by atomic mass is 16.1. The molecule has 1 amide bonds. The van der Waals surface area contributed by atoms with Crippen molar-refractivity contribution in [2.45, 2.75) is 25.8 Å². The molecule has 0 heterocycles. The Morgan fingerprint density at radius 2 is 1.86 bits per heavy atom. The van der Waals surface area contributed by atoms with E-state index in [1.807, 2.05) is 24.3 Å². The SMILES string of the molecule is CC(C)c1cccc(C(N)C(N)=O)c1. The first-order valence-corrected chi connectivity index (χ1v) is 4.67. The molecule has 0 spiro atoms. The quantitative estimate of drug-likeness (QED) is 0.757. The number of primary amides is 1. The summed E-state index contributed by atoms with van der Waals surface area (Å²) in [6.45, 7) is 4.18. The minimum Gasteiger partial charge on any atom is -0.368 e. The van der Waals surface area contributed by atoms with E-state index in [1.165, 1.54) is 5.56 Å². The Morgan fingerprint density at radius 1 is 1.29 bits per heavy atom. The van der Waals surface area contributed by atoms with Gasteiger partial charge in [0.2, 0.25) is 5.91 Å². The Labute approximate surface area is 84.1 Å². The van der Waals surface area contributed by atoms with Crippen LogP contribution in [0.5, 0.6) is 0 Å². The highest BCUT2D eigenvalue weighted by Crippen LogP contribution is 2.18. The van der Waals surface area contributed by atoms with Gasteiger partial charge in [0.15, 0.2) is 0 Å². The number of carbonyl (C=O) groups is 1. The molecule has 76 valence electrons. The average Bonchev–Trinajstić information content (AvgIpc) is 2.16. The zero-order valence-electron chi connectivity index (χ0n) is 8.53. The molecule has 0 saturated carbocycles. The van der Waals surface area contributed by atoms with E-state index in [-0.39, 0.29) is 0 Å². The van der Waals surface area contributed by atoms with E-state index in [4.69, 9.17) is 11.5 Å². The fourth-order valence-electron chi connectivity index (χ4n) is 1.28. The molecule has 1 aromatic rings. The topological polar surface area (TPSA) is 69.1 Å². The Kier molecular flexibility index (Phi) is 3.25. The summed E-state index contributed by atoms with van der Waals surface area (Å²) in [5.41, 5.74) is 12.7. The first kappa shape index (κ1) is 10.7. The standard InChI is InChI=1S/C11H16N2O/c1-7(2)8-4-3-5-9(6-8)10(12)11(13)14/h3-7,10H,12H2,1-2H3,(H2,13,14). The molecule has 1 unspecified atom stereocenters. The molecule has 3 heteroatoms. The van der Waals surface area contributed by atoms with Gasteiger partial charge in [-0.2, -0.15) is 0 Å². The predicted octanol–water partition coefficient (Wildman–Crippen LogP) is 1.30. The third-order valence-corrected chi connectivity index (χ3v) is 2.24. The number of nitrogens with two attached hydrogens (primary N) is 2. The molecule has 0 aliphatic heterocycles. The summed E-state index contributed by atoms with van der Waals surface area (Å²) in [4.78, 5) is 10.9. The Balaban J connectivity index is 2.99. The third-order valence-electron chi connectivity index (χ3n) is 2.24. The van der Waals surface area contributed by atoms with Crippen LogP contribution in [0.3, 0.4) is 0 Å². The highest BCUT2D eigenvalue weighted by molar-refractivity contribution is 5.81. The van der Waals surface area contributed by atoms with Gasteiger partial charge in [0.25, 0.3) is 0 Å². The molecule has 0 saturated heterocycles. The van der Waals surface area contributed by atoms with Gasteiger partial charge in [-0.3, -0.25) is 4.79 Å². The number of carbonyl (C=O) groups excluding carboxylic acids is 1. The number of hydrogen-bond donors (Lipinski definition) is 2. The van der Waals surface area contributed by atoms with Crippen molar-refractivity contribution in [3.05, 3.63) is 35.4 Å². The second kappa shape index (κ2) is 4.24. The van der Waals surface area contributed by atoms with E-state index < -0.39 is 11.9 Å². The monoisotopic (exact) mass is 192 g/mol. The smallest absolute Gasteiger partial charge is 0.238 e. The van der Waals surface area contributed by atoms with Crippen molar-refractivity contribution in [2.24, 2.45) is 11.5 Å². The summed E-state index contributed by atoms with van der Waals surface area (Å²) in [6.07, 6.45) is 0. The second-order valence-corrected chi connectivity index (χ2v) is 3.70. The molecule has 3 nitrogen and oxygen atoms in total. The third kappa shape index (κ3) is 2.33. The van der Waals surface area contributed by atoms with Gasteiger partial charge in [0.1, 0.15) is 6.04 Å². The molecule has 0 aliphatic rings. The van der Waals surface area contributed by atoms with Crippen LogP contribution in [0.15, 0.2) is 24.3 Å². The average molecular weight is 192 g/mol. The molecule has 14 heavy (non-hydrogen) atoms. The maximum atomic E-state index is 10.9. The predicted molar refractivity (Wildman–Crippen MR) is 56.7 cm³/mol. The Hall–Kier alpha value is -1.35. The Bertz CT molecular complexity index is 334. The van der Waals surface area contributed by atoms with Crippen molar-refractivity contribution in [3.8, 4) is 0 Å². The van der Waals surface area contributed by atoms with E-state index in [1.54, 1.807) is 0 Å². The second-order valence-electron chi connectivity index (χ2n) is 3.70. The maximum Gasteiger partial charge on any atom is 0.238 e. The van der Waals surface area contributed by atoms with Crippen LogP contribution in [0.4, 0.5) is 0 Å². The van der Waals surface area contributed by atoms with Crippen molar-refractivity contribution in [1.29, 1.82) is 0 Å². The van der Waals surface area contributed by atoms with Crippen molar-refractivity contribution in [1.82, 2.24) is 0 Å². The lowest BCUT2D eigenvalue weighted by atomic mass is 9.98. The van der Waals surface area contributed by atoms with Gasteiger partial charge >= 0.3 is 0 Å². The molecule has 1 rings (SSSR count). The van der Waals surface area contributed by atoms with Gasteiger partial charge < -0.3 is 11.5 Å². The summed E-state index contributed by atoms with van der Waals surface area (Å²) in [7, 11) is 0. The van der Waals surface area contributed by atoms with Crippen LogP contribution in [-0.4, -0.2) is 5.91 Å². The number of hydrogen-bond acceptors (Lipinski definition) is 2. The van der Waals surface area contributed by atoms with Crippen molar-refractivity contribution in [3.63, 3.8) is 0 Å². The lowest BCUT2D eigenvalue weighted by Crippen LogP contribution is -2.28. The number of rotatable bonds is 3. The molecule has 4 N–H and O–H groups in total. The van der Waals surface area contributed by atoms with Gasteiger partial charge in [-0.05, 0) is 17.0 Å². The van der Waals surface area contributed by atoms with Crippen molar-refractivity contribution in [2.75, 3.05) is 0 Å². The lowest BCUT2D eigenvalue weighted by Gasteiger charge is -2.11. The van der Waals surface area contributed by atoms with Crippen LogP contribution in [-0.2, 0) is 4.79 Å². The van der Waals surface area contributed by atoms with E-state index in [2.05, 4.69) is 13.8 Å². The van der Waals surface area contributed by atoms with Gasteiger partial charge in [-0.15, -0.1) is 0 Å². The molecule has 1 aromatic carbocycles. The largest absolute Gasteiger partial charge is 0.368 e. The van der Waals surface area contributed by atoms with Crippen LogP contribution in [0.1, 0.15) is 36.9 Å². The summed E-state index contributed by atoms with van der Waals surface area (Å²) in [5, 5.41) is 0. The molecular formula is C11H16N2O. The normalized spacial score (nSPS) is 12.9. The van der Waals surface area contributed by atoms with Crippen LogP contribution in [0.25, 0.3) is 0 Å². The van der Waals surface area contributed by atoms with Gasteiger partial charge in [-0.25, -0.2) is 0 Å². The van der Waals surface area contributed by atoms with Crippen molar-refractivity contribution >= 4 is 5.91 Å². The lowest BCUT2D eigenvalue weighted by molar-refractivity contribution is -0.119. The fourth-order valence-corrected chi connectivity index (χ4v) is 1.28. The van der Waals surface area contributed by atoms with Gasteiger partial charge in [0, 0.05) is 0 Å². The molecule has 0 radical (unpaired) electrons. The van der Waals surface area contributed by atoms with Gasteiger partial charge in [0.05, 0.1) is 0 Å².